The molecule has 0 bridgehead atoms. The highest BCUT2D eigenvalue weighted by atomic mass is 16.6. The van der Waals surface area contributed by atoms with Crippen LogP contribution in [0.5, 0.6) is 0 Å². The molecule has 168 valence electrons. The number of likely N-dealkylation sites (tertiary alicyclic amines) is 1. The highest BCUT2D eigenvalue weighted by Gasteiger charge is 2.32. The summed E-state index contributed by atoms with van der Waals surface area (Å²) in [6.45, 7) is 9.41. The van der Waals surface area contributed by atoms with Gasteiger partial charge in [0.2, 0.25) is 17.6 Å². The van der Waals surface area contributed by atoms with E-state index in [9.17, 15) is 9.59 Å². The summed E-state index contributed by atoms with van der Waals surface area (Å²) in [5.74, 6) is 0.982. The van der Waals surface area contributed by atoms with Crippen molar-refractivity contribution in [2.24, 2.45) is 17.8 Å². The number of piperidine rings is 1. The summed E-state index contributed by atoms with van der Waals surface area (Å²) >= 11 is 0. The first kappa shape index (κ1) is 22.7. The number of carbonyl (C=O) groups excluding carboxylic acids is 2. The minimum absolute atomic E-state index is 0.0578. The van der Waals surface area contributed by atoms with Crippen LogP contribution in [0.25, 0.3) is 11.4 Å². The van der Waals surface area contributed by atoms with Gasteiger partial charge in [0.05, 0.1) is 6.61 Å². The number of carbonyl (C=O) groups is 2. The lowest BCUT2D eigenvalue weighted by Crippen LogP contribution is -2.44. The number of aromatic nitrogens is 3. The van der Waals surface area contributed by atoms with E-state index in [0.29, 0.717) is 50.2 Å². The molecule has 1 aliphatic rings. The highest BCUT2D eigenvalue weighted by molar-refractivity contribution is 5.79. The van der Waals surface area contributed by atoms with Gasteiger partial charge in [-0.05, 0) is 36.8 Å². The van der Waals surface area contributed by atoms with Gasteiger partial charge in [-0.15, -0.1) is 0 Å². The zero-order valence-corrected chi connectivity index (χ0v) is 18.6. The molecule has 1 saturated heterocycles. The maximum Gasteiger partial charge on any atom is 0.409 e. The Bertz CT molecular complexity index is 860. The molecule has 2 aromatic heterocycles. The lowest BCUT2D eigenvalue weighted by Gasteiger charge is -2.31. The van der Waals surface area contributed by atoms with Crippen LogP contribution in [0.2, 0.25) is 0 Å². The minimum atomic E-state index is -0.385. The van der Waals surface area contributed by atoms with Crippen molar-refractivity contribution in [1.29, 1.82) is 0 Å². The molecule has 2 amide bonds. The second-order valence-electron chi connectivity index (χ2n) is 8.65. The van der Waals surface area contributed by atoms with Crippen LogP contribution in [0.15, 0.2) is 29.0 Å². The van der Waals surface area contributed by atoms with Crippen LogP contribution in [0.4, 0.5) is 4.79 Å². The molecule has 1 atom stereocenters. The Morgan fingerprint density at radius 1 is 1.19 bits per heavy atom. The van der Waals surface area contributed by atoms with Gasteiger partial charge in [-0.25, -0.2) is 4.79 Å². The number of rotatable bonds is 7. The molecule has 0 aromatic carbocycles. The average Bonchev–Trinajstić information content (AvgIpc) is 3.26. The summed E-state index contributed by atoms with van der Waals surface area (Å²) in [5.41, 5.74) is 0.801. The number of nitrogens with zero attached hydrogens (tertiary/aromatic N) is 4. The molecule has 3 heterocycles. The van der Waals surface area contributed by atoms with Crippen molar-refractivity contribution in [1.82, 2.24) is 25.3 Å². The molecule has 2 aromatic rings. The molecular weight excluding hydrogens is 398 g/mol. The second-order valence-corrected chi connectivity index (χ2v) is 8.65. The maximum atomic E-state index is 12.9. The topological polar surface area (TPSA) is 110 Å². The normalized spacial score (nSPS) is 15.9. The van der Waals surface area contributed by atoms with Gasteiger partial charge < -0.3 is 19.5 Å². The van der Waals surface area contributed by atoms with Crippen molar-refractivity contribution in [3.05, 3.63) is 30.4 Å². The van der Waals surface area contributed by atoms with Crippen molar-refractivity contribution in [3.8, 4) is 11.4 Å². The van der Waals surface area contributed by atoms with Crippen LogP contribution in [0.3, 0.4) is 0 Å². The van der Waals surface area contributed by atoms with Gasteiger partial charge in [-0.2, -0.15) is 4.98 Å². The van der Waals surface area contributed by atoms with Crippen LogP contribution in [0.1, 0.15) is 52.5 Å². The van der Waals surface area contributed by atoms with Gasteiger partial charge in [-0.3, -0.25) is 9.78 Å². The van der Waals surface area contributed by atoms with Crippen molar-refractivity contribution in [3.63, 3.8) is 0 Å². The molecule has 0 saturated carbocycles. The first-order valence-electron chi connectivity index (χ1n) is 10.8. The highest BCUT2D eigenvalue weighted by Crippen LogP contribution is 2.25. The molecule has 0 spiro atoms. The predicted octanol–water partition coefficient (Wildman–Crippen LogP) is 3.45. The first-order chi connectivity index (χ1) is 14.8. The van der Waals surface area contributed by atoms with Gasteiger partial charge in [0.1, 0.15) is 6.04 Å². The Hall–Kier alpha value is -2.97. The smallest absolute Gasteiger partial charge is 0.409 e. The number of hydrogen-bond acceptors (Lipinski definition) is 7. The summed E-state index contributed by atoms with van der Waals surface area (Å²) in [6.07, 6.45) is 4.22. The lowest BCUT2D eigenvalue weighted by molar-refractivity contribution is -0.127. The number of hydrogen-bond donors (Lipinski definition) is 1. The number of amides is 2. The molecule has 9 nitrogen and oxygen atoms in total. The number of pyridine rings is 1. The maximum absolute atomic E-state index is 12.9. The summed E-state index contributed by atoms with van der Waals surface area (Å²) in [4.78, 5) is 35.2. The van der Waals surface area contributed by atoms with Crippen LogP contribution in [-0.2, 0) is 9.53 Å². The van der Waals surface area contributed by atoms with Crippen LogP contribution < -0.4 is 5.32 Å². The Kier molecular flexibility index (Phi) is 7.59. The number of ether oxygens (including phenoxy) is 1. The molecule has 31 heavy (non-hydrogen) atoms. The van der Waals surface area contributed by atoms with Gasteiger partial charge in [0.15, 0.2) is 0 Å². The molecule has 0 aliphatic carbocycles. The van der Waals surface area contributed by atoms with E-state index in [4.69, 9.17) is 9.26 Å². The zero-order chi connectivity index (χ0) is 22.4. The molecule has 1 fully saturated rings. The zero-order valence-electron chi connectivity index (χ0n) is 18.6. The molecule has 1 N–H and O–H groups in total. The standard InChI is InChI=1S/C22H31N5O4/c1-14(2)13-30-22(29)27-11-7-17(8-12-27)20(28)24-18(15(3)4)21-25-19(26-31-21)16-5-9-23-10-6-16/h5-6,9-10,14-15,17-18H,7-8,11-13H2,1-4H3,(H,24,28). The van der Waals surface area contributed by atoms with Gasteiger partial charge in [0, 0.05) is 37.0 Å². The minimum Gasteiger partial charge on any atom is -0.449 e. The van der Waals surface area contributed by atoms with Crippen molar-refractivity contribution < 1.29 is 18.8 Å². The first-order valence-corrected chi connectivity index (χ1v) is 10.8. The van der Waals surface area contributed by atoms with E-state index in [1.807, 2.05) is 27.7 Å². The fraction of sp³-hybridized carbons (Fsp3) is 0.591. The average molecular weight is 430 g/mol. The molecule has 9 heteroatoms. The Balaban J connectivity index is 1.57. The van der Waals surface area contributed by atoms with Gasteiger partial charge in [0.25, 0.3) is 0 Å². The van der Waals surface area contributed by atoms with E-state index in [1.54, 1.807) is 29.4 Å². The third-order valence-corrected chi connectivity index (χ3v) is 5.27. The Labute approximate surface area is 182 Å². The Morgan fingerprint density at radius 2 is 1.87 bits per heavy atom. The summed E-state index contributed by atoms with van der Waals surface area (Å²) < 4.78 is 10.7. The van der Waals surface area contributed by atoms with Crippen molar-refractivity contribution in [2.75, 3.05) is 19.7 Å². The van der Waals surface area contributed by atoms with Crippen molar-refractivity contribution >= 4 is 12.0 Å². The van der Waals surface area contributed by atoms with Crippen LogP contribution in [0, 0.1) is 17.8 Å². The fourth-order valence-corrected chi connectivity index (χ4v) is 3.42. The van der Waals surface area contributed by atoms with E-state index >= 15 is 0 Å². The van der Waals surface area contributed by atoms with Crippen molar-refractivity contribution in [2.45, 2.75) is 46.6 Å². The van der Waals surface area contributed by atoms with E-state index in [1.165, 1.54) is 0 Å². The van der Waals surface area contributed by atoms with Crippen LogP contribution in [-0.4, -0.2) is 51.7 Å². The summed E-state index contributed by atoms with van der Waals surface area (Å²) in [5, 5.41) is 7.11. The molecule has 3 rings (SSSR count). The van der Waals surface area contributed by atoms with Gasteiger partial charge in [-0.1, -0.05) is 32.9 Å². The largest absolute Gasteiger partial charge is 0.449 e. The lowest BCUT2D eigenvalue weighted by atomic mass is 9.94. The van der Waals surface area contributed by atoms with Gasteiger partial charge >= 0.3 is 6.09 Å². The van der Waals surface area contributed by atoms with Crippen LogP contribution >= 0.6 is 0 Å². The molecule has 1 aliphatic heterocycles. The molecule has 1 unspecified atom stereocenters. The second kappa shape index (κ2) is 10.4. The summed E-state index contributed by atoms with van der Waals surface area (Å²) in [7, 11) is 0. The third-order valence-electron chi connectivity index (χ3n) is 5.27. The van der Waals surface area contributed by atoms with E-state index in [2.05, 4.69) is 20.4 Å². The van der Waals surface area contributed by atoms with E-state index < -0.39 is 0 Å². The monoisotopic (exact) mass is 429 g/mol. The SMILES string of the molecule is CC(C)COC(=O)N1CCC(C(=O)NC(c2nc(-c3ccncc3)no2)C(C)C)CC1. The molecular formula is C22H31N5O4. The van der Waals surface area contributed by atoms with E-state index in [-0.39, 0.29) is 29.9 Å². The third kappa shape index (κ3) is 6.02. The fourth-order valence-electron chi connectivity index (χ4n) is 3.42. The Morgan fingerprint density at radius 3 is 2.48 bits per heavy atom. The quantitative estimate of drug-likeness (QED) is 0.717. The predicted molar refractivity (Wildman–Crippen MR) is 114 cm³/mol. The van der Waals surface area contributed by atoms with E-state index in [0.717, 1.165) is 5.56 Å². The molecule has 0 radical (unpaired) electrons. The summed E-state index contributed by atoms with van der Waals surface area (Å²) in [6, 6.07) is 3.22. The number of nitrogens with one attached hydrogen (secondary N) is 1.